The van der Waals surface area contributed by atoms with Gasteiger partial charge in [0.2, 0.25) is 0 Å². The van der Waals surface area contributed by atoms with Crippen LogP contribution >= 0.6 is 0 Å². The molecule has 0 saturated carbocycles. The van der Waals surface area contributed by atoms with E-state index in [0.29, 0.717) is 12.8 Å². The van der Waals surface area contributed by atoms with E-state index in [0.717, 1.165) is 57.8 Å². The van der Waals surface area contributed by atoms with Crippen molar-refractivity contribution in [1.29, 1.82) is 0 Å². The Labute approximate surface area is 513 Å². The van der Waals surface area contributed by atoms with Crippen molar-refractivity contribution >= 4 is 11.9 Å². The highest BCUT2D eigenvalue weighted by Crippen LogP contribution is 2.20. The Bertz CT molecular complexity index is 1350. The van der Waals surface area contributed by atoms with Crippen molar-refractivity contribution in [3.05, 3.63) is 48.6 Å². The first kappa shape index (κ1) is 79.9. The molecular weight excluding hydrogens is 1000 g/mol. The summed E-state index contributed by atoms with van der Waals surface area (Å²) in [6.07, 6.45) is 99.0. The average molecular weight is 1150 g/mol. The fourth-order valence-corrected chi connectivity index (χ4v) is 11.6. The first-order valence-electron chi connectivity index (χ1n) is 37.2. The molecule has 0 aliphatic rings. The van der Waals surface area contributed by atoms with Crippen LogP contribution in [0, 0.1) is 0 Å². The molecule has 1 N–H and O–H groups in total. The highest BCUT2D eigenvalue weighted by atomic mass is 16.6. The lowest BCUT2D eigenvalue weighted by Gasteiger charge is -2.15. The van der Waals surface area contributed by atoms with Crippen molar-refractivity contribution in [2.24, 2.45) is 0 Å². The molecular formula is C77H144O5. The van der Waals surface area contributed by atoms with Gasteiger partial charge >= 0.3 is 11.9 Å². The molecule has 0 heterocycles. The number of hydrogen-bond donors (Lipinski definition) is 1. The first-order valence-corrected chi connectivity index (χ1v) is 37.2. The zero-order valence-electron chi connectivity index (χ0n) is 55.5. The maximum absolute atomic E-state index is 12.4. The van der Waals surface area contributed by atoms with E-state index in [4.69, 9.17) is 9.47 Å². The van der Waals surface area contributed by atoms with Gasteiger partial charge in [-0.1, -0.05) is 396 Å². The molecule has 0 fully saturated rings. The molecule has 0 amide bonds. The molecule has 0 aliphatic heterocycles. The molecule has 5 nitrogen and oxygen atoms in total. The molecule has 0 aliphatic carbocycles. The standard InChI is InChI=1S/C77H144O5/c1-3-5-7-9-11-13-15-17-19-21-23-25-27-29-31-33-35-37-38-40-41-43-45-47-49-51-53-55-57-59-61-63-65-67-69-71-76(79)81-74-75(73-78)82-77(80)72-70-68-66-64-62-60-58-56-54-52-50-48-46-44-42-39-36-34-32-30-28-26-24-22-20-18-16-14-12-10-8-6-4-2/h6,8,12,14,18,20,24,26,75,78H,3-5,7,9-11,13,15-17,19,21-23,25,27-74H2,1-2H3/b8-6-,14-12-,20-18-,26-24-. The summed E-state index contributed by atoms with van der Waals surface area (Å²) in [4.78, 5) is 24.7. The summed E-state index contributed by atoms with van der Waals surface area (Å²) in [5.41, 5.74) is 0. The minimum Gasteiger partial charge on any atom is -0.462 e. The largest absolute Gasteiger partial charge is 0.462 e. The van der Waals surface area contributed by atoms with Gasteiger partial charge in [0.25, 0.3) is 0 Å². The number of allylic oxidation sites excluding steroid dienone is 8. The van der Waals surface area contributed by atoms with Crippen LogP contribution in [0.1, 0.15) is 412 Å². The van der Waals surface area contributed by atoms with Gasteiger partial charge in [0.1, 0.15) is 6.61 Å². The van der Waals surface area contributed by atoms with Gasteiger partial charge in [-0.2, -0.15) is 0 Å². The smallest absolute Gasteiger partial charge is 0.306 e. The third-order valence-electron chi connectivity index (χ3n) is 17.1. The minimum atomic E-state index is -0.770. The molecule has 482 valence electrons. The molecule has 0 aromatic rings. The number of aliphatic hydroxyl groups excluding tert-OH is 1. The summed E-state index contributed by atoms with van der Waals surface area (Å²) < 4.78 is 10.8. The van der Waals surface area contributed by atoms with E-state index in [1.165, 1.54) is 327 Å². The van der Waals surface area contributed by atoms with E-state index in [-0.39, 0.29) is 25.2 Å². The van der Waals surface area contributed by atoms with Gasteiger partial charge in [0.15, 0.2) is 6.10 Å². The van der Waals surface area contributed by atoms with Crippen molar-refractivity contribution in [1.82, 2.24) is 0 Å². The summed E-state index contributed by atoms with van der Waals surface area (Å²) in [5.74, 6) is -0.565. The summed E-state index contributed by atoms with van der Waals surface area (Å²) in [5, 5.41) is 9.71. The summed E-state index contributed by atoms with van der Waals surface area (Å²) in [7, 11) is 0. The number of unbranched alkanes of at least 4 members (excludes halogenated alkanes) is 54. The van der Waals surface area contributed by atoms with E-state index in [1.54, 1.807) is 0 Å². The van der Waals surface area contributed by atoms with Gasteiger partial charge in [0.05, 0.1) is 6.61 Å². The molecule has 0 bridgehead atoms. The lowest BCUT2D eigenvalue weighted by Crippen LogP contribution is -2.28. The van der Waals surface area contributed by atoms with E-state index in [1.807, 2.05) is 0 Å². The fourth-order valence-electron chi connectivity index (χ4n) is 11.6. The summed E-state index contributed by atoms with van der Waals surface area (Å²) >= 11 is 0. The Morgan fingerprint density at radius 1 is 0.293 bits per heavy atom. The number of esters is 2. The van der Waals surface area contributed by atoms with Crippen LogP contribution < -0.4 is 0 Å². The second-order valence-electron chi connectivity index (χ2n) is 25.4. The topological polar surface area (TPSA) is 72.8 Å². The SMILES string of the molecule is CC/C=C\C/C=C\C/C=C\C/C=C\CCCCCCCCCCCCCCCCCCCCCCC(=O)OC(CO)COC(=O)CCCCCCCCCCCCCCCCCCCCCCCCCCCCCCCCCCCCC. The van der Waals surface area contributed by atoms with E-state index in [2.05, 4.69) is 62.5 Å². The Morgan fingerprint density at radius 2 is 0.524 bits per heavy atom. The van der Waals surface area contributed by atoms with E-state index >= 15 is 0 Å². The van der Waals surface area contributed by atoms with Crippen LogP contribution in [0.25, 0.3) is 0 Å². The third kappa shape index (κ3) is 70.3. The van der Waals surface area contributed by atoms with Crippen LogP contribution in [0.2, 0.25) is 0 Å². The summed E-state index contributed by atoms with van der Waals surface area (Å²) in [6, 6.07) is 0. The first-order chi connectivity index (χ1) is 40.6. The molecule has 0 radical (unpaired) electrons. The third-order valence-corrected chi connectivity index (χ3v) is 17.1. The van der Waals surface area contributed by atoms with Gasteiger partial charge in [-0.25, -0.2) is 0 Å². The van der Waals surface area contributed by atoms with Gasteiger partial charge < -0.3 is 14.6 Å². The quantitative estimate of drug-likeness (QED) is 0.0373. The molecule has 1 atom stereocenters. The molecule has 5 heteroatoms. The zero-order valence-corrected chi connectivity index (χ0v) is 55.5. The maximum atomic E-state index is 12.4. The lowest BCUT2D eigenvalue weighted by molar-refractivity contribution is -0.161. The number of rotatable bonds is 70. The normalized spacial score (nSPS) is 12.4. The van der Waals surface area contributed by atoms with Crippen molar-refractivity contribution in [3.8, 4) is 0 Å². The maximum Gasteiger partial charge on any atom is 0.306 e. The van der Waals surface area contributed by atoms with Crippen LogP contribution in [0.15, 0.2) is 48.6 Å². The Kier molecular flexibility index (Phi) is 71.2. The van der Waals surface area contributed by atoms with Crippen LogP contribution in [0.3, 0.4) is 0 Å². The van der Waals surface area contributed by atoms with Crippen molar-refractivity contribution in [2.75, 3.05) is 13.2 Å². The molecule has 0 saturated heterocycles. The highest BCUT2D eigenvalue weighted by Gasteiger charge is 2.16. The van der Waals surface area contributed by atoms with E-state index in [9.17, 15) is 14.7 Å². The second-order valence-corrected chi connectivity index (χ2v) is 25.4. The molecule has 0 aromatic carbocycles. The number of aliphatic hydroxyl groups is 1. The summed E-state index contributed by atoms with van der Waals surface area (Å²) in [6.45, 7) is 4.10. The van der Waals surface area contributed by atoms with Crippen molar-refractivity contribution in [3.63, 3.8) is 0 Å². The van der Waals surface area contributed by atoms with Crippen LogP contribution in [-0.2, 0) is 19.1 Å². The van der Waals surface area contributed by atoms with Crippen molar-refractivity contribution < 1.29 is 24.2 Å². The predicted molar refractivity (Wildman–Crippen MR) is 362 cm³/mol. The van der Waals surface area contributed by atoms with Gasteiger partial charge in [-0.3, -0.25) is 9.59 Å². The van der Waals surface area contributed by atoms with Crippen LogP contribution in [-0.4, -0.2) is 36.4 Å². The molecule has 0 rings (SSSR count). The lowest BCUT2D eigenvalue weighted by atomic mass is 10.0. The predicted octanol–water partition coefficient (Wildman–Crippen LogP) is 25.9. The fraction of sp³-hybridized carbons (Fsp3) is 0.870. The number of carbonyl (C=O) groups is 2. The zero-order chi connectivity index (χ0) is 59.1. The Morgan fingerprint density at radius 3 is 0.793 bits per heavy atom. The average Bonchev–Trinajstić information content (AvgIpc) is 3.49. The Hall–Kier alpha value is -2.14. The van der Waals surface area contributed by atoms with Gasteiger partial charge in [-0.15, -0.1) is 0 Å². The highest BCUT2D eigenvalue weighted by molar-refractivity contribution is 5.70. The Balaban J connectivity index is 3.37. The molecule has 0 aromatic heterocycles. The van der Waals surface area contributed by atoms with Crippen LogP contribution in [0.4, 0.5) is 0 Å². The van der Waals surface area contributed by atoms with Crippen molar-refractivity contribution in [2.45, 2.75) is 418 Å². The number of carbonyl (C=O) groups excluding carboxylic acids is 2. The monoisotopic (exact) mass is 1150 g/mol. The van der Waals surface area contributed by atoms with Gasteiger partial charge in [-0.05, 0) is 51.4 Å². The minimum absolute atomic E-state index is 0.0592. The second kappa shape index (κ2) is 73.1. The van der Waals surface area contributed by atoms with Gasteiger partial charge in [0, 0.05) is 12.8 Å². The molecule has 82 heavy (non-hydrogen) atoms. The van der Waals surface area contributed by atoms with E-state index < -0.39 is 6.10 Å². The number of ether oxygens (including phenoxy) is 2. The molecule has 0 spiro atoms. The van der Waals surface area contributed by atoms with Crippen LogP contribution in [0.5, 0.6) is 0 Å². The number of hydrogen-bond acceptors (Lipinski definition) is 5. The molecule has 1 unspecified atom stereocenters.